The number of nitrogen functional groups attached to an aromatic ring is 1. The van der Waals surface area contributed by atoms with E-state index in [1.807, 2.05) is 0 Å². The molecule has 4 rings (SSSR count). The Labute approximate surface area is 162 Å². The molecule has 152 valence electrons. The molecule has 2 aliphatic rings. The largest absolute Gasteiger partial charge is 0.387 e. The molecule has 2 aromatic rings. The van der Waals surface area contributed by atoms with E-state index >= 15 is 0 Å². The van der Waals surface area contributed by atoms with Crippen LogP contribution in [0.2, 0.25) is 0 Å². The van der Waals surface area contributed by atoms with Crippen LogP contribution in [0, 0.1) is 5.92 Å². The molecular formula is C18H26N6O4. The van der Waals surface area contributed by atoms with Gasteiger partial charge < -0.3 is 26.0 Å². The van der Waals surface area contributed by atoms with Gasteiger partial charge in [-0.3, -0.25) is 9.36 Å². The lowest BCUT2D eigenvalue weighted by Gasteiger charge is -2.21. The lowest BCUT2D eigenvalue weighted by Crippen LogP contribution is -2.40. The number of ether oxygens (including phenoxy) is 1. The molecule has 1 saturated heterocycles. The summed E-state index contributed by atoms with van der Waals surface area (Å²) < 4.78 is 7.34. The van der Waals surface area contributed by atoms with Gasteiger partial charge in [-0.25, -0.2) is 15.0 Å². The Hall–Kier alpha value is -2.30. The van der Waals surface area contributed by atoms with Crippen molar-refractivity contribution in [3.8, 4) is 0 Å². The van der Waals surface area contributed by atoms with E-state index in [0.29, 0.717) is 23.5 Å². The maximum absolute atomic E-state index is 12.2. The number of nitrogens with two attached hydrogens (primary N) is 1. The number of aliphatic hydroxyl groups is 2. The summed E-state index contributed by atoms with van der Waals surface area (Å²) in [5.41, 5.74) is 6.60. The van der Waals surface area contributed by atoms with Gasteiger partial charge in [-0.05, 0) is 18.8 Å². The Morgan fingerprint density at radius 2 is 2.00 bits per heavy atom. The molecule has 5 N–H and O–H groups in total. The molecule has 0 aromatic carbocycles. The molecule has 0 radical (unpaired) electrons. The fourth-order valence-electron chi connectivity index (χ4n) is 4.12. The number of hydrogen-bond acceptors (Lipinski definition) is 8. The number of fused-ring (bicyclic) bond motifs is 1. The Balaban J connectivity index is 1.38. The number of amides is 1. The molecule has 4 atom stereocenters. The summed E-state index contributed by atoms with van der Waals surface area (Å²) in [7, 11) is 0. The number of rotatable bonds is 5. The summed E-state index contributed by atoms with van der Waals surface area (Å²) in [4.78, 5) is 24.4. The minimum atomic E-state index is -1.19. The third-order valence-corrected chi connectivity index (χ3v) is 5.70. The van der Waals surface area contributed by atoms with Gasteiger partial charge in [-0.2, -0.15) is 0 Å². The number of imidazole rings is 1. The van der Waals surface area contributed by atoms with Crippen molar-refractivity contribution in [3.63, 3.8) is 0 Å². The van der Waals surface area contributed by atoms with E-state index in [0.717, 1.165) is 12.8 Å². The molecule has 0 spiro atoms. The number of nitrogens with one attached hydrogen (secondary N) is 1. The van der Waals surface area contributed by atoms with E-state index < -0.39 is 24.5 Å². The summed E-state index contributed by atoms with van der Waals surface area (Å²) in [6, 6.07) is 0. The highest BCUT2D eigenvalue weighted by atomic mass is 16.6. The van der Waals surface area contributed by atoms with Crippen LogP contribution in [-0.2, 0) is 9.53 Å². The van der Waals surface area contributed by atoms with Crippen LogP contribution in [0.3, 0.4) is 0 Å². The van der Waals surface area contributed by atoms with Gasteiger partial charge >= 0.3 is 0 Å². The van der Waals surface area contributed by atoms with Crippen LogP contribution in [-0.4, -0.2) is 60.5 Å². The van der Waals surface area contributed by atoms with Crippen molar-refractivity contribution in [1.29, 1.82) is 0 Å². The average molecular weight is 390 g/mol. The lowest BCUT2D eigenvalue weighted by molar-refractivity contribution is -0.123. The SMILES string of the molecule is Nc1ncnc2c1ncn2[C@@H]1O[C@H](CNC(=O)CC2CCCCC2)[C@@H](O)[C@H]1O. The minimum absolute atomic E-state index is 0.0470. The average Bonchev–Trinajstić information content (AvgIpc) is 3.24. The van der Waals surface area contributed by atoms with Crippen LogP contribution in [0.15, 0.2) is 12.7 Å². The number of carbonyl (C=O) groups is 1. The smallest absolute Gasteiger partial charge is 0.220 e. The monoisotopic (exact) mass is 390 g/mol. The maximum Gasteiger partial charge on any atom is 0.220 e. The third-order valence-electron chi connectivity index (χ3n) is 5.70. The number of carbonyl (C=O) groups excluding carboxylic acids is 1. The van der Waals surface area contributed by atoms with Gasteiger partial charge in [0.25, 0.3) is 0 Å². The highest BCUT2D eigenvalue weighted by Crippen LogP contribution is 2.32. The summed E-state index contributed by atoms with van der Waals surface area (Å²) >= 11 is 0. The number of aliphatic hydroxyl groups excluding tert-OH is 2. The molecular weight excluding hydrogens is 364 g/mol. The summed E-state index contributed by atoms with van der Waals surface area (Å²) in [5, 5.41) is 23.6. The molecule has 0 bridgehead atoms. The predicted molar refractivity (Wildman–Crippen MR) is 99.9 cm³/mol. The van der Waals surface area contributed by atoms with Gasteiger partial charge in [0.05, 0.1) is 6.33 Å². The first-order chi connectivity index (χ1) is 13.5. The first-order valence-electron chi connectivity index (χ1n) is 9.76. The van der Waals surface area contributed by atoms with Crippen molar-refractivity contribution in [1.82, 2.24) is 24.8 Å². The van der Waals surface area contributed by atoms with Crippen molar-refractivity contribution in [2.45, 2.75) is 63.1 Å². The van der Waals surface area contributed by atoms with Crippen molar-refractivity contribution in [2.24, 2.45) is 5.92 Å². The Bertz CT molecular complexity index is 837. The molecule has 2 fully saturated rings. The summed E-state index contributed by atoms with van der Waals surface area (Å²) in [6.45, 7) is 0.129. The quantitative estimate of drug-likeness (QED) is 0.562. The second-order valence-electron chi connectivity index (χ2n) is 7.64. The fraction of sp³-hybridized carbons (Fsp3) is 0.667. The first kappa shape index (κ1) is 19.0. The second kappa shape index (κ2) is 7.98. The van der Waals surface area contributed by atoms with Gasteiger partial charge in [0.1, 0.15) is 30.2 Å². The molecule has 10 heteroatoms. The second-order valence-corrected chi connectivity index (χ2v) is 7.64. The van der Waals surface area contributed by atoms with Crippen molar-refractivity contribution in [2.75, 3.05) is 12.3 Å². The van der Waals surface area contributed by atoms with Gasteiger partial charge in [-0.1, -0.05) is 19.3 Å². The van der Waals surface area contributed by atoms with E-state index in [4.69, 9.17) is 10.5 Å². The normalized spacial score (nSPS) is 28.6. The zero-order valence-corrected chi connectivity index (χ0v) is 15.6. The van der Waals surface area contributed by atoms with Crippen LogP contribution in [0.4, 0.5) is 5.82 Å². The van der Waals surface area contributed by atoms with E-state index in [2.05, 4.69) is 20.3 Å². The minimum Gasteiger partial charge on any atom is -0.387 e. The van der Waals surface area contributed by atoms with E-state index in [9.17, 15) is 15.0 Å². The van der Waals surface area contributed by atoms with Gasteiger partial charge in [-0.15, -0.1) is 0 Å². The Morgan fingerprint density at radius 1 is 1.21 bits per heavy atom. The first-order valence-corrected chi connectivity index (χ1v) is 9.76. The molecule has 0 unspecified atom stereocenters. The standard InChI is InChI=1S/C18H26N6O4/c19-16-13-17(22-8-21-16)24(9-23-13)18-15(27)14(26)11(28-18)7-20-12(25)6-10-4-2-1-3-5-10/h8-11,14-15,18,26-27H,1-7H2,(H,20,25)(H2,19,21,22)/t11-,14-,15-,18-/m1/s1. The van der Waals surface area contributed by atoms with Crippen LogP contribution in [0.5, 0.6) is 0 Å². The third kappa shape index (κ3) is 3.67. The topological polar surface area (TPSA) is 148 Å². The van der Waals surface area contributed by atoms with Crippen LogP contribution >= 0.6 is 0 Å². The van der Waals surface area contributed by atoms with E-state index in [1.54, 1.807) is 0 Å². The van der Waals surface area contributed by atoms with Crippen LogP contribution < -0.4 is 11.1 Å². The highest BCUT2D eigenvalue weighted by molar-refractivity contribution is 5.81. The summed E-state index contributed by atoms with van der Waals surface area (Å²) in [5.74, 6) is 0.613. The Kier molecular flexibility index (Phi) is 5.42. The molecule has 1 saturated carbocycles. The molecule has 3 heterocycles. The van der Waals surface area contributed by atoms with Crippen molar-refractivity contribution < 1.29 is 19.7 Å². The predicted octanol–water partition coefficient (Wildman–Crippen LogP) is 0.114. The zero-order valence-electron chi connectivity index (χ0n) is 15.6. The number of hydrogen-bond donors (Lipinski definition) is 4. The highest BCUT2D eigenvalue weighted by Gasteiger charge is 2.44. The van der Waals surface area contributed by atoms with Gasteiger partial charge in [0.15, 0.2) is 17.7 Å². The van der Waals surface area contributed by atoms with Crippen molar-refractivity contribution in [3.05, 3.63) is 12.7 Å². The van der Waals surface area contributed by atoms with E-state index in [1.165, 1.54) is 36.5 Å². The van der Waals surface area contributed by atoms with Gasteiger partial charge in [0.2, 0.25) is 5.91 Å². The number of anilines is 1. The Morgan fingerprint density at radius 3 is 2.79 bits per heavy atom. The molecule has 1 aliphatic carbocycles. The number of nitrogens with zero attached hydrogens (tertiary/aromatic N) is 4. The number of aromatic nitrogens is 4. The van der Waals surface area contributed by atoms with Crippen LogP contribution in [0.25, 0.3) is 11.2 Å². The molecule has 1 aliphatic heterocycles. The maximum atomic E-state index is 12.2. The van der Waals surface area contributed by atoms with Crippen LogP contribution in [0.1, 0.15) is 44.8 Å². The lowest BCUT2D eigenvalue weighted by atomic mass is 9.87. The fourth-order valence-corrected chi connectivity index (χ4v) is 4.12. The van der Waals surface area contributed by atoms with Crippen molar-refractivity contribution >= 4 is 22.9 Å². The summed E-state index contributed by atoms with van der Waals surface area (Å²) in [6.07, 6.45) is 5.11. The zero-order chi connectivity index (χ0) is 19.7. The molecule has 1 amide bonds. The van der Waals surface area contributed by atoms with E-state index in [-0.39, 0.29) is 18.3 Å². The van der Waals surface area contributed by atoms with Gasteiger partial charge in [0, 0.05) is 13.0 Å². The molecule has 10 nitrogen and oxygen atoms in total. The molecule has 28 heavy (non-hydrogen) atoms. The molecule has 2 aromatic heterocycles.